The van der Waals surface area contributed by atoms with E-state index >= 15 is 0 Å². The fourth-order valence-electron chi connectivity index (χ4n) is 4.36. The zero-order chi connectivity index (χ0) is 33.9. The van der Waals surface area contributed by atoms with Crippen LogP contribution in [-0.2, 0) is 0 Å². The zero-order valence-corrected chi connectivity index (χ0v) is 27.4. The van der Waals surface area contributed by atoms with Crippen LogP contribution in [0, 0.1) is 0 Å². The van der Waals surface area contributed by atoms with E-state index in [0.29, 0.717) is 46.5 Å². The molecule has 9 heteroatoms. The molecule has 0 aliphatic rings. The highest BCUT2D eigenvalue weighted by atomic mass is 16.5. The van der Waals surface area contributed by atoms with Gasteiger partial charge in [0, 0.05) is 18.2 Å². The number of phenols is 2. The van der Waals surface area contributed by atoms with E-state index in [4.69, 9.17) is 23.7 Å². The molecule has 0 fully saturated rings. The molecule has 244 valence electrons. The van der Waals surface area contributed by atoms with Crippen LogP contribution in [0.4, 0.5) is 0 Å². The smallest absolute Gasteiger partial charge is 0.200 e. The van der Waals surface area contributed by atoms with E-state index in [1.807, 2.05) is 26.8 Å². The summed E-state index contributed by atoms with van der Waals surface area (Å²) < 4.78 is 26.8. The predicted octanol–water partition coefficient (Wildman–Crippen LogP) is 7.63. The van der Waals surface area contributed by atoms with Gasteiger partial charge in [-0.05, 0) is 75.7 Å². The fourth-order valence-corrected chi connectivity index (χ4v) is 4.36. The molecule has 4 rings (SSSR count). The summed E-state index contributed by atoms with van der Waals surface area (Å²) in [6.45, 7) is 8.30. The quantitative estimate of drug-likeness (QED) is 0.120. The van der Waals surface area contributed by atoms with Gasteiger partial charge < -0.3 is 33.9 Å². The average Bonchev–Trinajstić information content (AvgIpc) is 3.03. The third kappa shape index (κ3) is 9.41. The Kier molecular flexibility index (Phi) is 12.4. The van der Waals surface area contributed by atoms with Gasteiger partial charge in [0.25, 0.3) is 0 Å². The number of benzene rings is 4. The van der Waals surface area contributed by atoms with E-state index in [9.17, 15) is 19.8 Å². The standard InChI is InChI=1S/C21H26O5.C16H16O4/c1-5-6-11-25-14-7-9-16(18(22)12-14)20(24)17-10-8-15(13-19(17)23)26-21(2,3)4;1-18-11-8-9-13(15(10-11)20-3)16(17)12-6-4-5-7-14(12)19-2/h7-10,12-13,22-23H,5-6,11H2,1-4H3;4-10H,1-3H3. The summed E-state index contributed by atoms with van der Waals surface area (Å²) in [5, 5.41) is 20.4. The van der Waals surface area contributed by atoms with Crippen molar-refractivity contribution in [2.24, 2.45) is 0 Å². The second-order valence-electron chi connectivity index (χ2n) is 11.2. The Bertz CT molecular complexity index is 1640. The lowest BCUT2D eigenvalue weighted by Crippen LogP contribution is -2.22. The van der Waals surface area contributed by atoms with E-state index in [2.05, 4.69) is 6.92 Å². The molecule has 4 aromatic rings. The second-order valence-corrected chi connectivity index (χ2v) is 11.2. The normalized spacial score (nSPS) is 10.7. The maximum Gasteiger partial charge on any atom is 0.200 e. The Morgan fingerprint density at radius 2 is 1.15 bits per heavy atom. The van der Waals surface area contributed by atoms with Gasteiger partial charge in [0.1, 0.15) is 45.8 Å². The van der Waals surface area contributed by atoms with Crippen LogP contribution in [-0.4, -0.2) is 55.3 Å². The molecular weight excluding hydrogens is 588 g/mol. The highest BCUT2D eigenvalue weighted by Gasteiger charge is 2.20. The minimum Gasteiger partial charge on any atom is -0.507 e. The molecular formula is C37H42O9. The first-order valence-electron chi connectivity index (χ1n) is 14.8. The Balaban J connectivity index is 0.000000259. The monoisotopic (exact) mass is 630 g/mol. The van der Waals surface area contributed by atoms with Gasteiger partial charge in [-0.15, -0.1) is 0 Å². The molecule has 4 aromatic carbocycles. The van der Waals surface area contributed by atoms with Crippen LogP contribution in [0.15, 0.2) is 78.9 Å². The first kappa shape index (κ1) is 35.3. The largest absolute Gasteiger partial charge is 0.507 e. The summed E-state index contributed by atoms with van der Waals surface area (Å²) >= 11 is 0. The molecule has 2 N–H and O–H groups in total. The molecule has 46 heavy (non-hydrogen) atoms. The summed E-state index contributed by atoms with van der Waals surface area (Å²) in [4.78, 5) is 25.3. The fraction of sp³-hybridized carbons (Fsp3) is 0.297. The topological polar surface area (TPSA) is 121 Å². The number of hydrogen-bond donors (Lipinski definition) is 2. The minimum absolute atomic E-state index is 0.0983. The Morgan fingerprint density at radius 3 is 1.72 bits per heavy atom. The van der Waals surface area contributed by atoms with Gasteiger partial charge in [0.2, 0.25) is 0 Å². The summed E-state index contributed by atoms with van der Waals surface area (Å²) in [6.07, 6.45) is 1.93. The van der Waals surface area contributed by atoms with Crippen molar-refractivity contribution in [2.45, 2.75) is 46.1 Å². The van der Waals surface area contributed by atoms with Crippen LogP contribution in [0.25, 0.3) is 0 Å². The van der Waals surface area contributed by atoms with Crippen LogP contribution >= 0.6 is 0 Å². The molecule has 0 aliphatic heterocycles. The molecule has 0 unspecified atom stereocenters. The van der Waals surface area contributed by atoms with Crippen LogP contribution in [0.5, 0.6) is 40.2 Å². The number of ether oxygens (including phenoxy) is 5. The Morgan fingerprint density at radius 1 is 0.630 bits per heavy atom. The van der Waals surface area contributed by atoms with Gasteiger partial charge in [-0.3, -0.25) is 9.59 Å². The minimum atomic E-state index is -0.470. The van der Waals surface area contributed by atoms with Crippen molar-refractivity contribution in [2.75, 3.05) is 27.9 Å². The number of carbonyl (C=O) groups is 2. The molecule has 0 amide bonds. The van der Waals surface area contributed by atoms with Crippen molar-refractivity contribution in [1.82, 2.24) is 0 Å². The lowest BCUT2D eigenvalue weighted by Gasteiger charge is -2.21. The third-order valence-corrected chi connectivity index (χ3v) is 6.62. The van der Waals surface area contributed by atoms with Crippen molar-refractivity contribution in [3.63, 3.8) is 0 Å². The molecule has 0 radical (unpaired) electrons. The number of phenolic OH excluding ortho intramolecular Hbond substituents is 2. The number of unbranched alkanes of at least 4 members (excludes halogenated alkanes) is 1. The van der Waals surface area contributed by atoms with Crippen LogP contribution in [0.2, 0.25) is 0 Å². The summed E-state index contributed by atoms with van der Waals surface area (Å²) in [7, 11) is 4.63. The maximum absolute atomic E-state index is 12.7. The number of hydrogen-bond acceptors (Lipinski definition) is 9. The maximum atomic E-state index is 12.7. The number of rotatable bonds is 12. The van der Waals surface area contributed by atoms with Gasteiger partial charge in [-0.2, -0.15) is 0 Å². The van der Waals surface area contributed by atoms with Crippen molar-refractivity contribution in [3.8, 4) is 40.2 Å². The van der Waals surface area contributed by atoms with Gasteiger partial charge in [0.15, 0.2) is 11.6 Å². The Labute approximate surface area is 270 Å². The van der Waals surface area contributed by atoms with Crippen LogP contribution < -0.4 is 23.7 Å². The highest BCUT2D eigenvalue weighted by Crippen LogP contribution is 2.32. The van der Waals surface area contributed by atoms with E-state index in [1.165, 1.54) is 38.5 Å². The zero-order valence-electron chi connectivity index (χ0n) is 27.4. The molecule has 0 bridgehead atoms. The highest BCUT2D eigenvalue weighted by molar-refractivity contribution is 6.13. The molecule has 0 saturated carbocycles. The third-order valence-electron chi connectivity index (χ3n) is 6.62. The van der Waals surface area contributed by atoms with E-state index < -0.39 is 11.4 Å². The molecule has 0 spiro atoms. The van der Waals surface area contributed by atoms with Gasteiger partial charge >= 0.3 is 0 Å². The number of para-hydroxylation sites is 1. The number of aromatic hydroxyl groups is 2. The first-order chi connectivity index (χ1) is 21.9. The molecule has 0 heterocycles. The van der Waals surface area contributed by atoms with E-state index in [0.717, 1.165) is 12.8 Å². The molecule has 0 aromatic heterocycles. The van der Waals surface area contributed by atoms with Crippen molar-refractivity contribution < 1.29 is 43.5 Å². The van der Waals surface area contributed by atoms with Gasteiger partial charge in [-0.25, -0.2) is 0 Å². The number of methoxy groups -OCH3 is 3. The first-order valence-corrected chi connectivity index (χ1v) is 14.8. The molecule has 0 atom stereocenters. The lowest BCUT2D eigenvalue weighted by atomic mass is 10.0. The average molecular weight is 631 g/mol. The number of ketones is 2. The van der Waals surface area contributed by atoms with Crippen molar-refractivity contribution in [1.29, 1.82) is 0 Å². The second kappa shape index (κ2) is 16.2. The Hall–Kier alpha value is -5.18. The van der Waals surface area contributed by atoms with Crippen molar-refractivity contribution in [3.05, 3.63) is 101 Å². The molecule has 0 saturated heterocycles. The summed E-state index contributed by atoms with van der Waals surface area (Å²) in [5.74, 6) is 1.62. The van der Waals surface area contributed by atoms with Crippen molar-refractivity contribution >= 4 is 11.6 Å². The van der Waals surface area contributed by atoms with E-state index in [1.54, 1.807) is 55.6 Å². The SMILES string of the molecule is CCCCOc1ccc(C(=O)c2ccc(OC(C)(C)C)cc2O)c(O)c1.COc1ccc(C(=O)c2ccccc2OC)c(OC)c1. The summed E-state index contributed by atoms with van der Waals surface area (Å²) in [5.41, 5.74) is 0.759. The molecule has 9 nitrogen and oxygen atoms in total. The summed E-state index contributed by atoms with van der Waals surface area (Å²) in [6, 6.07) is 21.3. The van der Waals surface area contributed by atoms with Crippen LogP contribution in [0.1, 0.15) is 72.4 Å². The number of carbonyl (C=O) groups excluding carboxylic acids is 2. The van der Waals surface area contributed by atoms with Gasteiger partial charge in [-0.1, -0.05) is 25.5 Å². The molecule has 0 aliphatic carbocycles. The lowest BCUT2D eigenvalue weighted by molar-refractivity contribution is 0.102. The van der Waals surface area contributed by atoms with Crippen LogP contribution in [0.3, 0.4) is 0 Å². The van der Waals surface area contributed by atoms with E-state index in [-0.39, 0.29) is 28.4 Å². The predicted molar refractivity (Wildman–Crippen MR) is 176 cm³/mol. The van der Waals surface area contributed by atoms with Gasteiger partial charge in [0.05, 0.1) is 50.2 Å².